The van der Waals surface area contributed by atoms with Crippen molar-refractivity contribution in [3.05, 3.63) is 89.5 Å². The molecule has 0 bridgehead atoms. The van der Waals surface area contributed by atoms with Crippen molar-refractivity contribution in [3.63, 3.8) is 0 Å². The number of nitrogens with one attached hydrogen (secondary N) is 1. The molecule has 1 N–H and O–H groups in total. The molecule has 3 aromatic rings. The van der Waals surface area contributed by atoms with E-state index in [-0.39, 0.29) is 17.3 Å². The molecular formula is C25H26N2O4S. The summed E-state index contributed by atoms with van der Waals surface area (Å²) in [5, 5.41) is 2.97. The first-order valence-corrected chi connectivity index (χ1v) is 12.0. The van der Waals surface area contributed by atoms with E-state index >= 15 is 0 Å². The van der Waals surface area contributed by atoms with E-state index < -0.39 is 16.1 Å². The van der Waals surface area contributed by atoms with E-state index in [1.807, 2.05) is 55.5 Å². The zero-order chi connectivity index (χ0) is 22.7. The molecule has 1 aliphatic rings. The fourth-order valence-electron chi connectivity index (χ4n) is 4.02. The normalized spacial score (nSPS) is 16.2. The molecule has 0 spiro atoms. The van der Waals surface area contributed by atoms with E-state index in [9.17, 15) is 13.2 Å². The average molecular weight is 451 g/mol. The van der Waals surface area contributed by atoms with Crippen molar-refractivity contribution in [2.24, 2.45) is 0 Å². The number of aryl methyl sites for hydroxylation is 1. The minimum atomic E-state index is -3.91. The van der Waals surface area contributed by atoms with Crippen LogP contribution in [0.2, 0.25) is 0 Å². The van der Waals surface area contributed by atoms with Gasteiger partial charge in [-0.3, -0.25) is 4.79 Å². The number of benzene rings is 3. The van der Waals surface area contributed by atoms with Crippen LogP contribution < -0.4 is 10.1 Å². The van der Waals surface area contributed by atoms with Crippen molar-refractivity contribution < 1.29 is 17.9 Å². The minimum Gasteiger partial charge on any atom is -0.497 e. The lowest BCUT2D eigenvalue weighted by Gasteiger charge is -2.35. The van der Waals surface area contributed by atoms with Crippen LogP contribution in [0.4, 0.5) is 5.69 Å². The molecule has 1 aliphatic heterocycles. The summed E-state index contributed by atoms with van der Waals surface area (Å²) in [4.78, 5) is 13.5. The first kappa shape index (κ1) is 22.0. The standard InChI is InChI=1S/C25H26N2O4S/c1-3-18-8-6-7-11-23(18)26-25(28)24-16-19-9-4-5-10-20(19)17-27(24)32(29,30)22-14-12-21(31-2)13-15-22/h4-15,24H,3,16-17H2,1-2H3,(H,26,28)/t24-/m1/s1. The Morgan fingerprint density at radius 1 is 1.00 bits per heavy atom. The van der Waals surface area contributed by atoms with Crippen molar-refractivity contribution in [1.82, 2.24) is 4.31 Å². The number of amides is 1. The summed E-state index contributed by atoms with van der Waals surface area (Å²) < 4.78 is 33.6. The molecule has 6 nitrogen and oxygen atoms in total. The predicted octanol–water partition coefficient (Wildman–Crippen LogP) is 4.01. The monoisotopic (exact) mass is 450 g/mol. The van der Waals surface area contributed by atoms with Gasteiger partial charge in [-0.2, -0.15) is 4.31 Å². The average Bonchev–Trinajstić information content (AvgIpc) is 2.83. The molecule has 0 fully saturated rings. The van der Waals surface area contributed by atoms with Crippen molar-refractivity contribution in [3.8, 4) is 5.75 Å². The molecule has 3 aromatic carbocycles. The van der Waals surface area contributed by atoms with Crippen LogP contribution in [0.5, 0.6) is 5.75 Å². The smallest absolute Gasteiger partial charge is 0.244 e. The number of methoxy groups -OCH3 is 1. The Morgan fingerprint density at radius 2 is 1.66 bits per heavy atom. The van der Waals surface area contributed by atoms with Gasteiger partial charge in [0.05, 0.1) is 12.0 Å². The number of carbonyl (C=O) groups excluding carboxylic acids is 1. The zero-order valence-corrected chi connectivity index (χ0v) is 18.9. The largest absolute Gasteiger partial charge is 0.497 e. The lowest BCUT2D eigenvalue weighted by Crippen LogP contribution is -2.50. The van der Waals surface area contributed by atoms with Crippen LogP contribution in [-0.4, -0.2) is 31.8 Å². The SMILES string of the molecule is CCc1ccccc1NC(=O)[C@H]1Cc2ccccc2CN1S(=O)(=O)c1ccc(OC)cc1. The van der Waals surface area contributed by atoms with E-state index in [4.69, 9.17) is 4.74 Å². The molecule has 166 valence electrons. The number of anilines is 1. The van der Waals surface area contributed by atoms with Crippen LogP contribution >= 0.6 is 0 Å². The Morgan fingerprint density at radius 3 is 2.34 bits per heavy atom. The lowest BCUT2D eigenvalue weighted by molar-refractivity contribution is -0.120. The summed E-state index contributed by atoms with van der Waals surface area (Å²) in [6.45, 7) is 2.15. The zero-order valence-electron chi connectivity index (χ0n) is 18.1. The Hall–Kier alpha value is -3.16. The highest BCUT2D eigenvalue weighted by atomic mass is 32.2. The number of sulfonamides is 1. The number of rotatable bonds is 6. The lowest BCUT2D eigenvalue weighted by atomic mass is 9.95. The van der Waals surface area contributed by atoms with Crippen LogP contribution in [0, 0.1) is 0 Å². The van der Waals surface area contributed by atoms with Gasteiger partial charge < -0.3 is 10.1 Å². The van der Waals surface area contributed by atoms with Crippen LogP contribution in [-0.2, 0) is 34.2 Å². The van der Waals surface area contributed by atoms with E-state index in [0.717, 1.165) is 23.1 Å². The third-order valence-corrected chi connectivity index (χ3v) is 7.70. The third kappa shape index (κ3) is 4.26. The van der Waals surface area contributed by atoms with Gasteiger partial charge in [0.25, 0.3) is 0 Å². The number of ether oxygens (including phenoxy) is 1. The number of hydrogen-bond acceptors (Lipinski definition) is 4. The fraction of sp³-hybridized carbons (Fsp3) is 0.240. The summed E-state index contributed by atoms with van der Waals surface area (Å²) >= 11 is 0. The maximum atomic E-state index is 13.6. The Balaban J connectivity index is 1.71. The first-order valence-electron chi connectivity index (χ1n) is 10.6. The van der Waals surface area contributed by atoms with Gasteiger partial charge in [-0.15, -0.1) is 0 Å². The summed E-state index contributed by atoms with van der Waals surface area (Å²) in [6, 6.07) is 20.6. The Bertz CT molecular complexity index is 1220. The Labute approximate surface area is 188 Å². The van der Waals surface area contributed by atoms with Gasteiger partial charge in [0.1, 0.15) is 11.8 Å². The van der Waals surface area contributed by atoms with Gasteiger partial charge in [-0.1, -0.05) is 49.4 Å². The molecule has 0 unspecified atom stereocenters. The summed E-state index contributed by atoms with van der Waals surface area (Å²) in [6.07, 6.45) is 1.07. The minimum absolute atomic E-state index is 0.129. The van der Waals surface area contributed by atoms with Crippen LogP contribution in [0.15, 0.2) is 77.7 Å². The number of para-hydroxylation sites is 1. The number of nitrogens with zero attached hydrogens (tertiary/aromatic N) is 1. The van der Waals surface area contributed by atoms with E-state index in [0.29, 0.717) is 17.9 Å². The molecular weight excluding hydrogens is 424 g/mol. The van der Waals surface area contributed by atoms with Crippen molar-refractivity contribution >= 4 is 21.6 Å². The molecule has 0 aromatic heterocycles. The Kier molecular flexibility index (Phi) is 6.30. The van der Waals surface area contributed by atoms with Crippen molar-refractivity contribution in [2.45, 2.75) is 37.2 Å². The molecule has 0 aliphatic carbocycles. The number of hydrogen-bond donors (Lipinski definition) is 1. The summed E-state index contributed by atoms with van der Waals surface area (Å²) in [5.41, 5.74) is 3.60. The molecule has 0 saturated heterocycles. The highest BCUT2D eigenvalue weighted by Crippen LogP contribution is 2.30. The van der Waals surface area contributed by atoms with Gasteiger partial charge in [-0.05, 0) is 59.9 Å². The van der Waals surface area contributed by atoms with E-state index in [1.54, 1.807) is 12.1 Å². The third-order valence-electron chi connectivity index (χ3n) is 5.83. The molecule has 7 heteroatoms. The highest BCUT2D eigenvalue weighted by Gasteiger charge is 2.39. The maximum absolute atomic E-state index is 13.6. The molecule has 32 heavy (non-hydrogen) atoms. The van der Waals surface area contributed by atoms with Crippen LogP contribution in [0.3, 0.4) is 0 Å². The van der Waals surface area contributed by atoms with Crippen molar-refractivity contribution in [1.29, 1.82) is 0 Å². The quantitative estimate of drug-likeness (QED) is 0.616. The number of fused-ring (bicyclic) bond motifs is 1. The molecule has 1 heterocycles. The molecule has 1 atom stereocenters. The summed E-state index contributed by atoms with van der Waals surface area (Å²) in [7, 11) is -2.39. The second kappa shape index (κ2) is 9.14. The van der Waals surface area contributed by atoms with Crippen LogP contribution in [0.25, 0.3) is 0 Å². The molecule has 1 amide bonds. The highest BCUT2D eigenvalue weighted by molar-refractivity contribution is 7.89. The van der Waals surface area contributed by atoms with E-state index in [2.05, 4.69) is 5.32 Å². The first-order chi connectivity index (χ1) is 15.4. The molecule has 0 radical (unpaired) electrons. The van der Waals surface area contributed by atoms with Gasteiger partial charge >= 0.3 is 0 Å². The maximum Gasteiger partial charge on any atom is 0.244 e. The summed E-state index contributed by atoms with van der Waals surface area (Å²) in [5.74, 6) is 0.232. The van der Waals surface area contributed by atoms with Gasteiger partial charge in [0, 0.05) is 12.2 Å². The van der Waals surface area contributed by atoms with Crippen LogP contribution in [0.1, 0.15) is 23.6 Å². The fourth-order valence-corrected chi connectivity index (χ4v) is 5.59. The number of carbonyl (C=O) groups is 1. The van der Waals surface area contributed by atoms with Gasteiger partial charge in [-0.25, -0.2) is 8.42 Å². The van der Waals surface area contributed by atoms with E-state index in [1.165, 1.54) is 23.5 Å². The molecule has 4 rings (SSSR count). The topological polar surface area (TPSA) is 75.7 Å². The second-order valence-corrected chi connectivity index (χ2v) is 9.60. The van der Waals surface area contributed by atoms with Gasteiger partial charge in [0.2, 0.25) is 15.9 Å². The molecule has 0 saturated carbocycles. The second-order valence-electron chi connectivity index (χ2n) is 7.71. The van der Waals surface area contributed by atoms with Crippen molar-refractivity contribution in [2.75, 3.05) is 12.4 Å². The predicted molar refractivity (Wildman–Crippen MR) is 124 cm³/mol. The van der Waals surface area contributed by atoms with Gasteiger partial charge in [0.15, 0.2) is 0 Å².